The van der Waals surface area contributed by atoms with Gasteiger partial charge < -0.3 is 10.1 Å². The molecule has 1 aliphatic rings. The molecule has 0 radical (unpaired) electrons. The summed E-state index contributed by atoms with van der Waals surface area (Å²) in [6.45, 7) is 6.73. The first-order valence-electron chi connectivity index (χ1n) is 11.1. The topological polar surface area (TPSA) is 78.8 Å². The summed E-state index contributed by atoms with van der Waals surface area (Å²) in [6.07, 6.45) is 3.46. The summed E-state index contributed by atoms with van der Waals surface area (Å²) in [7, 11) is 0. The Bertz CT molecular complexity index is 1080. The zero-order valence-corrected chi connectivity index (χ0v) is 18.8. The van der Waals surface area contributed by atoms with Crippen LogP contribution in [0.1, 0.15) is 27.0 Å². The molecule has 0 aliphatic carbocycles. The molecule has 0 atom stereocenters. The number of carbonyl (C=O) groups is 1. The summed E-state index contributed by atoms with van der Waals surface area (Å²) >= 11 is 0. The number of benzene rings is 2. The molecule has 33 heavy (non-hydrogen) atoms. The molecule has 0 saturated carbocycles. The lowest BCUT2D eigenvalue weighted by Gasteiger charge is -2.26. The number of anilines is 1. The zero-order valence-electron chi connectivity index (χ0n) is 18.8. The molecule has 2 aromatic carbocycles. The molecule has 0 bridgehead atoms. The quantitative estimate of drug-likeness (QED) is 0.449. The van der Waals surface area contributed by atoms with Gasteiger partial charge in [-0.15, -0.1) is 0 Å². The van der Waals surface area contributed by atoms with Gasteiger partial charge >= 0.3 is 0 Å². The summed E-state index contributed by atoms with van der Waals surface area (Å²) in [5.74, 6) is 0.196. The lowest BCUT2D eigenvalue weighted by molar-refractivity contribution is 0.0342. The Kier molecular flexibility index (Phi) is 7.79. The number of hydrogen-bond acceptors (Lipinski definition) is 5. The summed E-state index contributed by atoms with van der Waals surface area (Å²) in [5, 5.41) is 6.17. The Hall–Kier alpha value is -3.55. The molecule has 0 unspecified atom stereocenters. The first kappa shape index (κ1) is 22.6. The van der Waals surface area contributed by atoms with E-state index in [-0.39, 0.29) is 5.91 Å². The lowest BCUT2D eigenvalue weighted by Crippen LogP contribution is -2.36. The number of nitrogens with zero attached hydrogens (tertiary/aromatic N) is 3. The number of aryl methyl sites for hydroxylation is 1. The third-order valence-corrected chi connectivity index (χ3v) is 5.41. The Balaban J connectivity index is 1.44. The number of carbonyl (C=O) groups excluding carboxylic acids is 1. The minimum absolute atomic E-state index is 0.207. The maximum atomic E-state index is 13.0. The molecule has 1 aliphatic heterocycles. The second-order valence-corrected chi connectivity index (χ2v) is 8.05. The number of amides is 1. The Morgan fingerprint density at radius 3 is 2.52 bits per heavy atom. The van der Waals surface area contributed by atoms with E-state index in [4.69, 9.17) is 4.74 Å². The number of aromatic nitrogens is 1. The van der Waals surface area contributed by atoms with Crippen LogP contribution in [0.5, 0.6) is 0 Å². The monoisotopic (exact) mass is 443 g/mol. The van der Waals surface area contributed by atoms with E-state index in [0.717, 1.165) is 49.7 Å². The molecular weight excluding hydrogens is 414 g/mol. The van der Waals surface area contributed by atoms with Crippen LogP contribution in [0.15, 0.2) is 78.0 Å². The Labute approximate surface area is 194 Å². The molecular formula is C26H29N5O2. The highest BCUT2D eigenvalue weighted by molar-refractivity contribution is 6.09. The van der Waals surface area contributed by atoms with Gasteiger partial charge in [0.05, 0.1) is 19.8 Å². The fraction of sp³-hybridized carbons (Fsp3) is 0.269. The van der Waals surface area contributed by atoms with Crippen molar-refractivity contribution in [2.24, 2.45) is 4.99 Å². The van der Waals surface area contributed by atoms with Crippen molar-refractivity contribution in [1.29, 1.82) is 0 Å². The Morgan fingerprint density at radius 1 is 1.03 bits per heavy atom. The van der Waals surface area contributed by atoms with E-state index in [1.807, 2.05) is 67.6 Å². The standard InChI is InChI=1S/C26H29N5O2/c1-20-3-2-4-24(17-20)29-26(28-18-21-9-11-27-12-10-21)30-25(32)23-7-5-22(6-8-23)19-31-13-15-33-16-14-31/h2-12,17H,13-16,18-19H2,1H3,(H2,28,29,30,32). The molecule has 4 rings (SSSR count). The molecule has 2 N–H and O–H groups in total. The predicted molar refractivity (Wildman–Crippen MR) is 130 cm³/mol. The van der Waals surface area contributed by atoms with Crippen LogP contribution in [0.3, 0.4) is 0 Å². The van der Waals surface area contributed by atoms with Gasteiger partial charge in [0.1, 0.15) is 0 Å². The van der Waals surface area contributed by atoms with E-state index in [0.29, 0.717) is 18.1 Å². The summed E-state index contributed by atoms with van der Waals surface area (Å²) in [5.41, 5.74) is 4.76. The van der Waals surface area contributed by atoms with E-state index < -0.39 is 0 Å². The number of nitrogens with one attached hydrogen (secondary N) is 2. The average molecular weight is 444 g/mol. The predicted octanol–water partition coefficient (Wildman–Crippen LogP) is 3.62. The van der Waals surface area contributed by atoms with E-state index >= 15 is 0 Å². The Morgan fingerprint density at radius 2 is 1.79 bits per heavy atom. The molecule has 1 aromatic heterocycles. The highest BCUT2D eigenvalue weighted by Crippen LogP contribution is 2.12. The molecule has 1 amide bonds. The third-order valence-electron chi connectivity index (χ3n) is 5.41. The van der Waals surface area contributed by atoms with Crippen LogP contribution in [0, 0.1) is 6.92 Å². The maximum absolute atomic E-state index is 13.0. The third kappa shape index (κ3) is 6.97. The normalized spacial score (nSPS) is 14.6. The van der Waals surface area contributed by atoms with Crippen molar-refractivity contribution in [1.82, 2.24) is 15.2 Å². The number of rotatable bonds is 6. The van der Waals surface area contributed by atoms with Crippen molar-refractivity contribution in [2.45, 2.75) is 20.0 Å². The van der Waals surface area contributed by atoms with Gasteiger partial charge in [-0.3, -0.25) is 20.0 Å². The van der Waals surface area contributed by atoms with Crippen molar-refractivity contribution in [3.05, 3.63) is 95.3 Å². The molecule has 1 saturated heterocycles. The smallest absolute Gasteiger partial charge is 0.257 e. The summed E-state index contributed by atoms with van der Waals surface area (Å²) in [4.78, 5) is 24.0. The molecule has 170 valence electrons. The van der Waals surface area contributed by atoms with Gasteiger partial charge in [-0.2, -0.15) is 0 Å². The van der Waals surface area contributed by atoms with Gasteiger partial charge in [0.15, 0.2) is 0 Å². The van der Waals surface area contributed by atoms with E-state index in [2.05, 4.69) is 25.5 Å². The molecule has 7 heteroatoms. The molecule has 0 spiro atoms. The van der Waals surface area contributed by atoms with Crippen molar-refractivity contribution in [3.63, 3.8) is 0 Å². The number of morpholine rings is 1. The fourth-order valence-electron chi connectivity index (χ4n) is 3.59. The number of guanidine groups is 1. The molecule has 2 heterocycles. The fourth-order valence-corrected chi connectivity index (χ4v) is 3.59. The highest BCUT2D eigenvalue weighted by atomic mass is 16.5. The van der Waals surface area contributed by atoms with Crippen molar-refractivity contribution >= 4 is 17.6 Å². The van der Waals surface area contributed by atoms with Gasteiger partial charge in [0.2, 0.25) is 5.96 Å². The summed E-state index contributed by atoms with van der Waals surface area (Å²) in [6, 6.07) is 19.5. The number of hydrogen-bond donors (Lipinski definition) is 2. The maximum Gasteiger partial charge on any atom is 0.257 e. The van der Waals surface area contributed by atoms with Crippen LogP contribution in [-0.2, 0) is 17.8 Å². The van der Waals surface area contributed by atoms with Crippen molar-refractivity contribution < 1.29 is 9.53 Å². The zero-order chi connectivity index (χ0) is 22.9. The lowest BCUT2D eigenvalue weighted by atomic mass is 10.1. The minimum Gasteiger partial charge on any atom is -0.379 e. The van der Waals surface area contributed by atoms with Crippen molar-refractivity contribution in [3.8, 4) is 0 Å². The largest absolute Gasteiger partial charge is 0.379 e. The number of pyridine rings is 1. The SMILES string of the molecule is Cc1cccc(NC(=NCc2ccncc2)NC(=O)c2ccc(CN3CCOCC3)cc2)c1. The van der Waals surface area contributed by atoms with E-state index in [1.54, 1.807) is 12.4 Å². The van der Waals surface area contributed by atoms with Gasteiger partial charge in [-0.25, -0.2) is 4.99 Å². The number of aliphatic imine (C=N–C) groups is 1. The second-order valence-electron chi connectivity index (χ2n) is 8.05. The first-order valence-corrected chi connectivity index (χ1v) is 11.1. The first-order chi connectivity index (χ1) is 16.2. The van der Waals surface area contributed by atoms with Crippen LogP contribution < -0.4 is 10.6 Å². The van der Waals surface area contributed by atoms with Gasteiger partial charge in [-0.1, -0.05) is 24.3 Å². The van der Waals surface area contributed by atoms with E-state index in [1.165, 1.54) is 5.56 Å². The van der Waals surface area contributed by atoms with Crippen LogP contribution in [-0.4, -0.2) is 48.1 Å². The second kappa shape index (κ2) is 11.4. The molecule has 3 aromatic rings. The molecule has 7 nitrogen and oxygen atoms in total. The van der Waals surface area contributed by atoms with Crippen LogP contribution in [0.2, 0.25) is 0 Å². The van der Waals surface area contributed by atoms with Gasteiger partial charge in [0.25, 0.3) is 5.91 Å². The highest BCUT2D eigenvalue weighted by Gasteiger charge is 2.13. The van der Waals surface area contributed by atoms with Crippen LogP contribution in [0.4, 0.5) is 5.69 Å². The van der Waals surface area contributed by atoms with Crippen molar-refractivity contribution in [2.75, 3.05) is 31.6 Å². The number of ether oxygens (including phenoxy) is 1. The van der Waals surface area contributed by atoms with Crippen LogP contribution >= 0.6 is 0 Å². The average Bonchev–Trinajstić information content (AvgIpc) is 2.84. The van der Waals surface area contributed by atoms with E-state index in [9.17, 15) is 4.79 Å². The summed E-state index contributed by atoms with van der Waals surface area (Å²) < 4.78 is 5.41. The van der Waals surface area contributed by atoms with Crippen LogP contribution in [0.25, 0.3) is 0 Å². The minimum atomic E-state index is -0.207. The van der Waals surface area contributed by atoms with Gasteiger partial charge in [0, 0.05) is 43.3 Å². The molecule has 1 fully saturated rings. The van der Waals surface area contributed by atoms with Gasteiger partial charge in [-0.05, 0) is 60.0 Å².